The minimum absolute atomic E-state index is 0.0789. The molecule has 19 heavy (non-hydrogen) atoms. The molecule has 1 heterocycles. The van der Waals surface area contributed by atoms with Crippen molar-refractivity contribution in [3.8, 4) is 0 Å². The zero-order valence-electron chi connectivity index (χ0n) is 10.6. The van der Waals surface area contributed by atoms with Crippen molar-refractivity contribution in [1.82, 2.24) is 0 Å². The van der Waals surface area contributed by atoms with Gasteiger partial charge in [-0.05, 0) is 30.7 Å². The fourth-order valence-electron chi connectivity index (χ4n) is 2.07. The lowest BCUT2D eigenvalue weighted by molar-refractivity contribution is -0.117. The third-order valence-corrected chi connectivity index (χ3v) is 3.75. The summed E-state index contributed by atoms with van der Waals surface area (Å²) in [6, 6.07) is 6.49. The number of Topliss-reactive ketones (excluding diaryl/α,β-unsaturated/α-hetero) is 1. The first-order chi connectivity index (χ1) is 8.87. The molecule has 6 heteroatoms. The molecule has 1 aliphatic rings. The summed E-state index contributed by atoms with van der Waals surface area (Å²) >= 11 is 0. The van der Waals surface area contributed by atoms with Crippen molar-refractivity contribution in [2.45, 2.75) is 12.8 Å². The van der Waals surface area contributed by atoms with Crippen LogP contribution in [0.2, 0.25) is 0 Å². The van der Waals surface area contributed by atoms with Crippen molar-refractivity contribution in [3.05, 3.63) is 29.8 Å². The molecule has 0 N–H and O–H groups in total. The van der Waals surface area contributed by atoms with E-state index in [0.717, 1.165) is 18.4 Å². The van der Waals surface area contributed by atoms with E-state index >= 15 is 0 Å². The van der Waals surface area contributed by atoms with E-state index in [1.807, 2.05) is 0 Å². The lowest BCUT2D eigenvalue weighted by atomic mass is 10.1. The number of nitrogens with zero attached hydrogens (tertiary/aromatic N) is 1. The molecule has 2 rings (SSSR count). The molecular formula is C13H15NO4S. The lowest BCUT2D eigenvalue weighted by Crippen LogP contribution is -2.23. The number of hydrogen-bond acceptors (Lipinski definition) is 4. The topological polar surface area (TPSA) is 71.5 Å². The van der Waals surface area contributed by atoms with Gasteiger partial charge in [0.15, 0.2) is 15.6 Å². The minimum atomic E-state index is -3.32. The van der Waals surface area contributed by atoms with Gasteiger partial charge in [0.1, 0.15) is 5.75 Å². The van der Waals surface area contributed by atoms with Gasteiger partial charge >= 0.3 is 0 Å². The number of rotatable bonds is 4. The molecule has 0 atom stereocenters. The Morgan fingerprint density at radius 1 is 1.26 bits per heavy atom. The summed E-state index contributed by atoms with van der Waals surface area (Å²) in [5, 5.41) is 0. The maximum Gasteiger partial charge on any atom is 0.227 e. The quantitative estimate of drug-likeness (QED) is 0.773. The normalized spacial score (nSPS) is 15.8. The van der Waals surface area contributed by atoms with Crippen LogP contribution >= 0.6 is 0 Å². The van der Waals surface area contributed by atoms with Crippen LogP contribution in [0.4, 0.5) is 5.69 Å². The van der Waals surface area contributed by atoms with Gasteiger partial charge in [-0.15, -0.1) is 0 Å². The lowest BCUT2D eigenvalue weighted by Gasteiger charge is -2.15. The maximum atomic E-state index is 11.7. The van der Waals surface area contributed by atoms with Crippen LogP contribution in [-0.4, -0.2) is 38.7 Å². The van der Waals surface area contributed by atoms with Gasteiger partial charge in [-0.1, -0.05) is 0 Å². The largest absolute Gasteiger partial charge is 0.312 e. The molecule has 0 aromatic heterocycles. The summed E-state index contributed by atoms with van der Waals surface area (Å²) in [4.78, 5) is 24.9. The van der Waals surface area contributed by atoms with Crippen LogP contribution in [0, 0.1) is 0 Å². The van der Waals surface area contributed by atoms with E-state index in [1.54, 1.807) is 29.2 Å². The number of ketones is 1. The van der Waals surface area contributed by atoms with E-state index in [9.17, 15) is 18.0 Å². The van der Waals surface area contributed by atoms with Gasteiger partial charge < -0.3 is 4.90 Å². The average molecular weight is 281 g/mol. The Bertz CT molecular complexity index is 604. The summed E-state index contributed by atoms with van der Waals surface area (Å²) in [6.45, 7) is 0.690. The van der Waals surface area contributed by atoms with Gasteiger partial charge in [0.2, 0.25) is 5.91 Å². The summed E-state index contributed by atoms with van der Waals surface area (Å²) in [5.41, 5.74) is 1.10. The Balaban J connectivity index is 2.14. The highest BCUT2D eigenvalue weighted by Crippen LogP contribution is 2.21. The summed E-state index contributed by atoms with van der Waals surface area (Å²) < 4.78 is 22.1. The zero-order chi connectivity index (χ0) is 14.0. The molecule has 1 fully saturated rings. The van der Waals surface area contributed by atoms with Crippen LogP contribution in [0.25, 0.3) is 0 Å². The molecule has 0 spiro atoms. The van der Waals surface area contributed by atoms with Crippen molar-refractivity contribution in [3.63, 3.8) is 0 Å². The summed E-state index contributed by atoms with van der Waals surface area (Å²) in [5.74, 6) is -0.841. The number of sulfone groups is 1. The third kappa shape index (κ3) is 3.41. The number of carbonyl (C=O) groups excluding carboxylic acids is 2. The molecule has 1 aromatic carbocycles. The van der Waals surface area contributed by atoms with Gasteiger partial charge in [-0.25, -0.2) is 8.42 Å². The number of carbonyl (C=O) groups is 2. The molecule has 0 bridgehead atoms. The van der Waals surface area contributed by atoms with Crippen LogP contribution in [-0.2, 0) is 14.6 Å². The van der Waals surface area contributed by atoms with Crippen molar-refractivity contribution in [2.24, 2.45) is 0 Å². The smallest absolute Gasteiger partial charge is 0.227 e. The summed E-state index contributed by atoms with van der Waals surface area (Å²) in [6.07, 6.45) is 2.42. The Hall–Kier alpha value is -1.69. The monoisotopic (exact) mass is 281 g/mol. The molecule has 1 amide bonds. The molecule has 1 aromatic rings. The second-order valence-corrected chi connectivity index (χ2v) is 6.83. The molecule has 0 aliphatic carbocycles. The molecule has 0 radical (unpaired) electrons. The van der Waals surface area contributed by atoms with E-state index in [-0.39, 0.29) is 5.91 Å². The average Bonchev–Trinajstić information content (AvgIpc) is 2.73. The van der Waals surface area contributed by atoms with Crippen LogP contribution in [0.1, 0.15) is 23.2 Å². The van der Waals surface area contributed by atoms with Gasteiger partial charge in [0.05, 0.1) is 0 Å². The number of amides is 1. The van der Waals surface area contributed by atoms with Crippen LogP contribution in [0.5, 0.6) is 0 Å². The highest BCUT2D eigenvalue weighted by Gasteiger charge is 2.22. The highest BCUT2D eigenvalue weighted by atomic mass is 32.2. The predicted octanol–water partition coefficient (Wildman–Crippen LogP) is 1.04. The molecule has 5 nitrogen and oxygen atoms in total. The zero-order valence-corrected chi connectivity index (χ0v) is 11.4. The predicted molar refractivity (Wildman–Crippen MR) is 72.1 cm³/mol. The maximum absolute atomic E-state index is 11.7. The Labute approximate surface area is 112 Å². The Morgan fingerprint density at radius 2 is 1.89 bits per heavy atom. The van der Waals surface area contributed by atoms with Gasteiger partial charge in [0, 0.05) is 30.5 Å². The molecule has 0 saturated carbocycles. The van der Waals surface area contributed by atoms with Crippen molar-refractivity contribution >= 4 is 27.2 Å². The molecule has 0 unspecified atom stereocenters. The first-order valence-electron chi connectivity index (χ1n) is 5.98. The van der Waals surface area contributed by atoms with Crippen molar-refractivity contribution in [2.75, 3.05) is 23.5 Å². The number of anilines is 1. The van der Waals surface area contributed by atoms with Crippen LogP contribution < -0.4 is 4.90 Å². The van der Waals surface area contributed by atoms with E-state index in [0.29, 0.717) is 18.5 Å². The number of benzene rings is 1. The van der Waals surface area contributed by atoms with Crippen LogP contribution in [0.3, 0.4) is 0 Å². The van der Waals surface area contributed by atoms with Gasteiger partial charge in [-0.2, -0.15) is 0 Å². The molecule has 1 saturated heterocycles. The van der Waals surface area contributed by atoms with Crippen molar-refractivity contribution < 1.29 is 18.0 Å². The molecule has 1 aliphatic heterocycles. The van der Waals surface area contributed by atoms with E-state index in [1.165, 1.54) is 0 Å². The standard InChI is InChI=1S/C13H15NO4S/c1-19(17,18)9-12(15)10-4-6-11(7-5-10)14-8-2-3-13(14)16/h4-7H,2-3,8-9H2,1H3. The van der Waals surface area contributed by atoms with Gasteiger partial charge in [0.25, 0.3) is 0 Å². The highest BCUT2D eigenvalue weighted by molar-refractivity contribution is 7.91. The third-order valence-electron chi connectivity index (χ3n) is 2.97. The van der Waals surface area contributed by atoms with Crippen molar-refractivity contribution in [1.29, 1.82) is 0 Å². The molecule has 102 valence electrons. The number of hydrogen-bond donors (Lipinski definition) is 0. The second kappa shape index (κ2) is 5.13. The fourth-order valence-corrected chi connectivity index (χ4v) is 2.71. The summed E-state index contributed by atoms with van der Waals surface area (Å²) in [7, 11) is -3.32. The van der Waals surface area contributed by atoms with E-state index in [2.05, 4.69) is 0 Å². The Kier molecular flexibility index (Phi) is 3.71. The SMILES string of the molecule is CS(=O)(=O)CC(=O)c1ccc(N2CCCC2=O)cc1. The first-order valence-corrected chi connectivity index (χ1v) is 8.04. The first kappa shape index (κ1) is 13.7. The van der Waals surface area contributed by atoms with Gasteiger partial charge in [-0.3, -0.25) is 9.59 Å². The second-order valence-electron chi connectivity index (χ2n) is 4.69. The molecular weight excluding hydrogens is 266 g/mol. The Morgan fingerprint density at radius 3 is 2.37 bits per heavy atom. The van der Waals surface area contributed by atoms with E-state index < -0.39 is 21.4 Å². The van der Waals surface area contributed by atoms with E-state index in [4.69, 9.17) is 0 Å². The minimum Gasteiger partial charge on any atom is -0.312 e. The fraction of sp³-hybridized carbons (Fsp3) is 0.385. The van der Waals surface area contributed by atoms with Crippen LogP contribution in [0.15, 0.2) is 24.3 Å².